The van der Waals surface area contributed by atoms with Crippen LogP contribution in [-0.2, 0) is 0 Å². The van der Waals surface area contributed by atoms with Crippen LogP contribution in [0.2, 0.25) is 0 Å². The number of hydrogen-bond acceptors (Lipinski definition) is 0. The summed E-state index contributed by atoms with van der Waals surface area (Å²) in [6.07, 6.45) is 7.25. The largest absolute Gasteiger partial charge is 0.323 e. The summed E-state index contributed by atoms with van der Waals surface area (Å²) < 4.78 is 2.10. The van der Waals surface area contributed by atoms with E-state index in [-0.39, 0.29) is 0 Å². The zero-order chi connectivity index (χ0) is 9.10. The van der Waals surface area contributed by atoms with E-state index in [0.29, 0.717) is 0 Å². The molecule has 0 aliphatic heterocycles. The summed E-state index contributed by atoms with van der Waals surface area (Å²) in [7, 11) is 0. The first kappa shape index (κ1) is 8.11. The Balaban J connectivity index is 2.52. The summed E-state index contributed by atoms with van der Waals surface area (Å²) in [5, 5.41) is 1.17. The number of allylic oxidation sites excluding steroid dienone is 1. The molecule has 13 heavy (non-hydrogen) atoms. The molecule has 0 bridgehead atoms. The van der Waals surface area contributed by atoms with Gasteiger partial charge in [-0.1, -0.05) is 31.2 Å². The van der Waals surface area contributed by atoms with Gasteiger partial charge in [0.05, 0.1) is 5.52 Å². The number of aromatic nitrogens is 1. The molecule has 0 saturated carbocycles. The molecule has 1 nitrogen and oxygen atoms in total. The average molecular weight is 170 g/mol. The highest BCUT2D eigenvalue weighted by atomic mass is 14.9. The zero-order valence-corrected chi connectivity index (χ0v) is 7.70. The third-order valence-electron chi connectivity index (χ3n) is 2.04. The monoisotopic (exact) mass is 170 g/mol. The first-order valence-corrected chi connectivity index (χ1v) is 4.55. The fraction of sp³-hybridized carbons (Fsp3) is 0.167. The Bertz CT molecular complexity index is 423. The number of nitrogens with zero attached hydrogens (tertiary/aromatic N) is 1. The number of benzene rings is 1. The third kappa shape index (κ3) is 1.50. The molecule has 0 aliphatic rings. The van der Waals surface area contributed by atoms with Crippen molar-refractivity contribution < 1.29 is 0 Å². The van der Waals surface area contributed by atoms with Crippen LogP contribution in [-0.4, -0.2) is 4.57 Å². The van der Waals surface area contributed by atoms with Gasteiger partial charge in [-0.05, 0) is 12.5 Å². The van der Waals surface area contributed by atoms with E-state index in [4.69, 9.17) is 0 Å². The number of fused-ring (bicyclic) bond motifs is 1. The molecule has 65 valence electrons. The highest BCUT2D eigenvalue weighted by Gasteiger charge is 1.95. The molecule has 0 saturated heterocycles. The molecule has 1 heteroatoms. The van der Waals surface area contributed by atoms with Crippen LogP contribution in [0.15, 0.2) is 36.5 Å². The summed E-state index contributed by atoms with van der Waals surface area (Å²) >= 11 is 0. The first-order valence-electron chi connectivity index (χ1n) is 4.55. The molecule has 2 rings (SSSR count). The van der Waals surface area contributed by atoms with Gasteiger partial charge in [0, 0.05) is 23.8 Å². The Kier molecular flexibility index (Phi) is 2.17. The van der Waals surface area contributed by atoms with Gasteiger partial charge in [-0.25, -0.2) is 0 Å². The smallest absolute Gasteiger partial charge is 0.0528 e. The quantitative estimate of drug-likeness (QED) is 0.651. The van der Waals surface area contributed by atoms with Gasteiger partial charge >= 0.3 is 0 Å². The molecule has 0 spiro atoms. The molecule has 0 amide bonds. The van der Waals surface area contributed by atoms with Crippen molar-refractivity contribution in [2.45, 2.75) is 13.3 Å². The topological polar surface area (TPSA) is 4.93 Å². The van der Waals surface area contributed by atoms with Crippen molar-refractivity contribution in [3.63, 3.8) is 0 Å². The molecule has 1 radical (unpaired) electrons. The Morgan fingerprint density at radius 1 is 1.38 bits per heavy atom. The van der Waals surface area contributed by atoms with E-state index in [9.17, 15) is 0 Å². The second-order valence-corrected chi connectivity index (χ2v) is 2.99. The maximum Gasteiger partial charge on any atom is 0.0528 e. The van der Waals surface area contributed by atoms with Crippen molar-refractivity contribution in [3.8, 4) is 0 Å². The summed E-state index contributed by atoms with van der Waals surface area (Å²) in [5.41, 5.74) is 1.22. The van der Waals surface area contributed by atoms with Gasteiger partial charge in [0.25, 0.3) is 0 Å². The van der Waals surface area contributed by atoms with Crippen LogP contribution in [0.5, 0.6) is 0 Å². The van der Waals surface area contributed by atoms with Crippen molar-refractivity contribution in [3.05, 3.63) is 42.6 Å². The molecule has 0 N–H and O–H groups in total. The van der Waals surface area contributed by atoms with Crippen LogP contribution in [0.1, 0.15) is 13.3 Å². The van der Waals surface area contributed by atoms with Crippen LogP contribution >= 0.6 is 0 Å². The lowest BCUT2D eigenvalue weighted by Gasteiger charge is -1.95. The predicted octanol–water partition coefficient (Wildman–Crippen LogP) is 3.32. The lowest BCUT2D eigenvalue weighted by Crippen LogP contribution is -1.81. The molecule has 2 aromatic rings. The van der Waals surface area contributed by atoms with E-state index in [1.165, 1.54) is 10.9 Å². The lowest BCUT2D eigenvalue weighted by molar-refractivity contribution is 1.17. The van der Waals surface area contributed by atoms with Crippen molar-refractivity contribution in [2.24, 2.45) is 0 Å². The highest BCUT2D eigenvalue weighted by Crippen LogP contribution is 2.14. The van der Waals surface area contributed by atoms with E-state index in [0.717, 1.165) is 6.42 Å². The van der Waals surface area contributed by atoms with Crippen molar-refractivity contribution in [1.82, 2.24) is 4.57 Å². The van der Waals surface area contributed by atoms with Gasteiger partial charge < -0.3 is 4.57 Å². The Morgan fingerprint density at radius 2 is 2.23 bits per heavy atom. The van der Waals surface area contributed by atoms with Crippen LogP contribution in [0.3, 0.4) is 0 Å². The maximum absolute atomic E-state index is 3.21. The van der Waals surface area contributed by atoms with E-state index < -0.39 is 0 Å². The van der Waals surface area contributed by atoms with Gasteiger partial charge in [-0.3, -0.25) is 0 Å². The number of rotatable bonds is 2. The fourth-order valence-corrected chi connectivity index (χ4v) is 1.37. The van der Waals surface area contributed by atoms with Crippen molar-refractivity contribution in [2.75, 3.05) is 0 Å². The van der Waals surface area contributed by atoms with Gasteiger partial charge in [-0.2, -0.15) is 0 Å². The summed E-state index contributed by atoms with van der Waals surface area (Å²) in [6, 6.07) is 11.5. The maximum atomic E-state index is 3.21. The summed E-state index contributed by atoms with van der Waals surface area (Å²) in [4.78, 5) is 0. The third-order valence-corrected chi connectivity index (χ3v) is 2.04. The second kappa shape index (κ2) is 3.48. The number of para-hydroxylation sites is 1. The predicted molar refractivity (Wildman–Crippen MR) is 56.4 cm³/mol. The minimum absolute atomic E-state index is 1.06. The average Bonchev–Trinajstić information content (AvgIpc) is 2.58. The second-order valence-electron chi connectivity index (χ2n) is 2.99. The Hall–Kier alpha value is -1.50. The first-order chi connectivity index (χ1) is 6.42. The van der Waals surface area contributed by atoms with Crippen LogP contribution in [0.25, 0.3) is 17.1 Å². The fourth-order valence-electron chi connectivity index (χ4n) is 1.37. The molecular formula is C12H12N. The normalized spacial score (nSPS) is 11.5. The van der Waals surface area contributed by atoms with Crippen LogP contribution < -0.4 is 0 Å². The number of hydrogen-bond donors (Lipinski definition) is 0. The molecule has 1 heterocycles. The van der Waals surface area contributed by atoms with Crippen LogP contribution in [0, 0.1) is 6.07 Å². The lowest BCUT2D eigenvalue weighted by atomic mass is 10.2. The zero-order valence-electron chi connectivity index (χ0n) is 7.70. The van der Waals surface area contributed by atoms with E-state index >= 15 is 0 Å². The minimum atomic E-state index is 1.06. The van der Waals surface area contributed by atoms with Gasteiger partial charge in [0.15, 0.2) is 0 Å². The van der Waals surface area contributed by atoms with Gasteiger partial charge in [-0.15, -0.1) is 0 Å². The molecular weight excluding hydrogens is 158 g/mol. The molecule has 0 atom stereocenters. The summed E-state index contributed by atoms with van der Waals surface area (Å²) in [5.74, 6) is 0. The van der Waals surface area contributed by atoms with Crippen LogP contribution in [0.4, 0.5) is 0 Å². The Morgan fingerprint density at radius 3 is 3.08 bits per heavy atom. The van der Waals surface area contributed by atoms with E-state index in [1.807, 2.05) is 18.3 Å². The molecule has 0 aliphatic carbocycles. The molecule has 1 aromatic carbocycles. The molecule has 0 fully saturated rings. The standard InChI is InChI=1S/C12H12N/c1-2-3-9-13-10-8-11-6-4-5-7-12(11)13/h3-7,9-10H,2H2,1H3. The Labute approximate surface area is 78.3 Å². The van der Waals surface area contributed by atoms with Gasteiger partial charge in [0.1, 0.15) is 0 Å². The minimum Gasteiger partial charge on any atom is -0.323 e. The molecule has 0 unspecified atom stereocenters. The van der Waals surface area contributed by atoms with Crippen molar-refractivity contribution >= 4 is 17.1 Å². The van der Waals surface area contributed by atoms with Gasteiger partial charge in [0.2, 0.25) is 0 Å². The SMILES string of the molecule is CCC=Cn1c[c]c2ccccc21. The summed E-state index contributed by atoms with van der Waals surface area (Å²) in [6.45, 7) is 2.13. The van der Waals surface area contributed by atoms with E-state index in [1.54, 1.807) is 0 Å². The highest BCUT2D eigenvalue weighted by molar-refractivity contribution is 5.81. The van der Waals surface area contributed by atoms with Crippen molar-refractivity contribution in [1.29, 1.82) is 0 Å². The molecule has 1 aromatic heterocycles. The van der Waals surface area contributed by atoms with E-state index in [2.05, 4.69) is 42.0 Å².